The van der Waals surface area contributed by atoms with E-state index in [9.17, 15) is 14.4 Å². The summed E-state index contributed by atoms with van der Waals surface area (Å²) in [6.07, 6.45) is 0. The van der Waals surface area contributed by atoms with Crippen LogP contribution >= 0.6 is 0 Å². The average molecular weight is 351 g/mol. The second-order valence-corrected chi connectivity index (χ2v) is 6.24. The van der Waals surface area contributed by atoms with Crippen molar-refractivity contribution < 1.29 is 19.1 Å². The lowest BCUT2D eigenvalue weighted by Crippen LogP contribution is -2.37. The predicted molar refractivity (Wildman–Crippen MR) is 95.6 cm³/mol. The summed E-state index contributed by atoms with van der Waals surface area (Å²) in [4.78, 5) is 40.0. The van der Waals surface area contributed by atoms with E-state index >= 15 is 0 Å². The Morgan fingerprint density at radius 1 is 1.12 bits per heavy atom. The normalized spacial score (nSPS) is 15.4. The number of rotatable bonds is 3. The van der Waals surface area contributed by atoms with Gasteiger partial charge >= 0.3 is 0 Å². The van der Waals surface area contributed by atoms with Crippen LogP contribution < -0.4 is 15.0 Å². The van der Waals surface area contributed by atoms with E-state index in [1.165, 1.54) is 0 Å². The van der Waals surface area contributed by atoms with Gasteiger partial charge in [0.25, 0.3) is 11.8 Å². The van der Waals surface area contributed by atoms with Crippen LogP contribution in [0.15, 0.2) is 42.5 Å². The molecule has 2 aromatic carbocycles. The van der Waals surface area contributed by atoms with Gasteiger partial charge in [0.15, 0.2) is 0 Å². The molecule has 0 bridgehead atoms. The SMILES string of the molecule is CN1CCOc2ccc(NC(=O)CN3C(=O)c4ccccc4C3=O)cc21. The summed E-state index contributed by atoms with van der Waals surface area (Å²) in [6.45, 7) is 1.06. The number of anilines is 2. The van der Waals surface area contributed by atoms with Crippen molar-refractivity contribution in [2.24, 2.45) is 0 Å². The Balaban J connectivity index is 1.48. The number of benzene rings is 2. The molecule has 7 nitrogen and oxygen atoms in total. The first-order valence-electron chi connectivity index (χ1n) is 8.27. The molecule has 0 saturated carbocycles. The first-order chi connectivity index (χ1) is 12.5. The average Bonchev–Trinajstić information content (AvgIpc) is 2.88. The monoisotopic (exact) mass is 351 g/mol. The molecule has 132 valence electrons. The summed E-state index contributed by atoms with van der Waals surface area (Å²) in [5.41, 5.74) is 2.13. The molecule has 0 atom stereocenters. The molecule has 3 amide bonds. The Hall–Kier alpha value is -3.35. The van der Waals surface area contributed by atoms with Gasteiger partial charge in [-0.2, -0.15) is 0 Å². The number of nitrogens with one attached hydrogen (secondary N) is 1. The molecule has 7 heteroatoms. The lowest BCUT2D eigenvalue weighted by molar-refractivity contribution is -0.116. The standard InChI is InChI=1S/C19H17N3O4/c1-21-8-9-26-16-7-6-12(10-15(16)21)20-17(23)11-22-18(24)13-4-2-3-5-14(13)19(22)25/h2-7,10H,8-9,11H2,1H3,(H,20,23). The van der Waals surface area contributed by atoms with Crippen LogP contribution in [0, 0.1) is 0 Å². The minimum absolute atomic E-state index is 0.324. The van der Waals surface area contributed by atoms with E-state index in [4.69, 9.17) is 4.74 Å². The van der Waals surface area contributed by atoms with E-state index in [0.29, 0.717) is 23.4 Å². The minimum Gasteiger partial charge on any atom is -0.490 e. The fraction of sp³-hybridized carbons (Fsp3) is 0.211. The molecular formula is C19H17N3O4. The molecule has 0 saturated heterocycles. The van der Waals surface area contributed by atoms with Crippen molar-refractivity contribution in [1.29, 1.82) is 0 Å². The second-order valence-electron chi connectivity index (χ2n) is 6.24. The van der Waals surface area contributed by atoms with Crippen LogP contribution in [0.5, 0.6) is 5.75 Å². The number of imide groups is 1. The highest BCUT2D eigenvalue weighted by molar-refractivity contribution is 6.22. The predicted octanol–water partition coefficient (Wildman–Crippen LogP) is 1.75. The summed E-state index contributed by atoms with van der Waals surface area (Å²) in [7, 11) is 1.95. The first-order valence-corrected chi connectivity index (χ1v) is 8.27. The lowest BCUT2D eigenvalue weighted by atomic mass is 10.1. The molecule has 2 aromatic rings. The van der Waals surface area contributed by atoms with Crippen LogP contribution in [-0.4, -0.2) is 49.4 Å². The minimum atomic E-state index is -0.445. The van der Waals surface area contributed by atoms with Crippen molar-refractivity contribution in [2.45, 2.75) is 0 Å². The molecule has 0 fully saturated rings. The zero-order chi connectivity index (χ0) is 18.3. The smallest absolute Gasteiger partial charge is 0.262 e. The van der Waals surface area contributed by atoms with Gasteiger partial charge in [-0.05, 0) is 30.3 Å². The number of likely N-dealkylation sites (N-methyl/N-ethyl adjacent to an activating group) is 1. The van der Waals surface area contributed by atoms with Crippen molar-refractivity contribution in [3.05, 3.63) is 53.6 Å². The van der Waals surface area contributed by atoms with Crippen LogP contribution in [0.3, 0.4) is 0 Å². The molecule has 0 unspecified atom stereocenters. The van der Waals surface area contributed by atoms with Gasteiger partial charge in [-0.3, -0.25) is 19.3 Å². The summed E-state index contributed by atoms with van der Waals surface area (Å²) in [6, 6.07) is 11.9. The van der Waals surface area contributed by atoms with Crippen LogP contribution in [0.25, 0.3) is 0 Å². The highest BCUT2D eigenvalue weighted by Crippen LogP contribution is 2.33. The summed E-state index contributed by atoms with van der Waals surface area (Å²) in [5, 5.41) is 2.74. The zero-order valence-corrected chi connectivity index (χ0v) is 14.2. The number of hydrogen-bond acceptors (Lipinski definition) is 5. The maximum atomic E-state index is 12.4. The van der Waals surface area contributed by atoms with Crippen LogP contribution in [-0.2, 0) is 4.79 Å². The molecule has 26 heavy (non-hydrogen) atoms. The van der Waals surface area contributed by atoms with Crippen molar-refractivity contribution in [2.75, 3.05) is 37.0 Å². The molecule has 0 spiro atoms. The maximum absolute atomic E-state index is 12.4. The number of amides is 3. The highest BCUT2D eigenvalue weighted by atomic mass is 16.5. The van der Waals surface area contributed by atoms with Crippen LogP contribution in [0.2, 0.25) is 0 Å². The van der Waals surface area contributed by atoms with Gasteiger partial charge < -0.3 is 15.0 Å². The number of carbonyl (C=O) groups is 3. The van der Waals surface area contributed by atoms with Gasteiger partial charge in [0, 0.05) is 12.7 Å². The van der Waals surface area contributed by atoms with Crippen LogP contribution in [0.4, 0.5) is 11.4 Å². The number of ether oxygens (including phenoxy) is 1. The molecule has 0 radical (unpaired) electrons. The molecule has 2 aliphatic rings. The van der Waals surface area contributed by atoms with Gasteiger partial charge in [-0.15, -0.1) is 0 Å². The van der Waals surface area contributed by atoms with Crippen LogP contribution in [0.1, 0.15) is 20.7 Å². The molecule has 2 heterocycles. The molecule has 0 aromatic heterocycles. The largest absolute Gasteiger partial charge is 0.490 e. The van der Waals surface area contributed by atoms with E-state index in [1.54, 1.807) is 36.4 Å². The third-order valence-corrected chi connectivity index (χ3v) is 4.52. The second kappa shape index (κ2) is 6.18. The Morgan fingerprint density at radius 3 is 2.50 bits per heavy atom. The molecule has 0 aliphatic carbocycles. The number of fused-ring (bicyclic) bond motifs is 2. The van der Waals surface area contributed by atoms with Gasteiger partial charge in [0.05, 0.1) is 23.4 Å². The number of hydrogen-bond donors (Lipinski definition) is 1. The van der Waals surface area contributed by atoms with E-state index in [0.717, 1.165) is 22.9 Å². The van der Waals surface area contributed by atoms with Crippen molar-refractivity contribution in [1.82, 2.24) is 4.90 Å². The summed E-state index contributed by atoms with van der Waals surface area (Å²) >= 11 is 0. The Kier molecular flexibility index (Phi) is 3.84. The van der Waals surface area contributed by atoms with Gasteiger partial charge in [0.2, 0.25) is 5.91 Å². The topological polar surface area (TPSA) is 79.0 Å². The van der Waals surface area contributed by atoms with E-state index in [1.807, 2.05) is 18.0 Å². The Labute approximate surface area is 150 Å². The van der Waals surface area contributed by atoms with Gasteiger partial charge in [0.1, 0.15) is 18.9 Å². The van der Waals surface area contributed by atoms with Gasteiger partial charge in [-0.1, -0.05) is 12.1 Å². The van der Waals surface area contributed by atoms with Crippen molar-refractivity contribution in [3.63, 3.8) is 0 Å². The molecular weight excluding hydrogens is 334 g/mol. The first kappa shape index (κ1) is 16.1. The number of carbonyl (C=O) groups excluding carboxylic acids is 3. The summed E-state index contributed by atoms with van der Waals surface area (Å²) < 4.78 is 5.57. The zero-order valence-electron chi connectivity index (χ0n) is 14.2. The van der Waals surface area contributed by atoms with E-state index < -0.39 is 17.7 Å². The quantitative estimate of drug-likeness (QED) is 0.853. The third kappa shape index (κ3) is 2.67. The highest BCUT2D eigenvalue weighted by Gasteiger charge is 2.36. The van der Waals surface area contributed by atoms with Gasteiger partial charge in [-0.25, -0.2) is 0 Å². The molecule has 1 N–H and O–H groups in total. The van der Waals surface area contributed by atoms with Crippen molar-refractivity contribution in [3.8, 4) is 5.75 Å². The van der Waals surface area contributed by atoms with Crippen molar-refractivity contribution >= 4 is 29.1 Å². The molecule has 4 rings (SSSR count). The fourth-order valence-electron chi connectivity index (χ4n) is 3.16. The lowest BCUT2D eigenvalue weighted by Gasteiger charge is -2.28. The summed E-state index contributed by atoms with van der Waals surface area (Å²) in [5.74, 6) is -0.561. The molecule has 2 aliphatic heterocycles. The third-order valence-electron chi connectivity index (χ3n) is 4.52. The maximum Gasteiger partial charge on any atom is 0.262 e. The fourth-order valence-corrected chi connectivity index (χ4v) is 3.16. The van der Waals surface area contributed by atoms with E-state index in [2.05, 4.69) is 5.32 Å². The Morgan fingerprint density at radius 2 is 1.81 bits per heavy atom. The van der Waals surface area contributed by atoms with E-state index in [-0.39, 0.29) is 6.54 Å². The number of nitrogens with zero attached hydrogens (tertiary/aromatic N) is 2. The Bertz CT molecular complexity index is 890.